The lowest BCUT2D eigenvalue weighted by Gasteiger charge is -2.36. The first kappa shape index (κ1) is 12.7. The number of halogens is 1. The average molecular weight is 276 g/mol. The van der Waals surface area contributed by atoms with E-state index in [1.165, 1.54) is 19.3 Å². The molecule has 0 radical (unpaired) electrons. The van der Waals surface area contributed by atoms with Crippen LogP contribution in [0.3, 0.4) is 0 Å². The van der Waals surface area contributed by atoms with Crippen LogP contribution in [-0.2, 0) is 0 Å². The van der Waals surface area contributed by atoms with Crippen LogP contribution in [0.5, 0.6) is 0 Å². The molecule has 1 aliphatic heterocycles. The number of anilines is 1. The predicted octanol–water partition coefficient (Wildman–Crippen LogP) is 4.05. The molecule has 0 aliphatic carbocycles. The maximum atomic E-state index is 6.34. The summed E-state index contributed by atoms with van der Waals surface area (Å²) in [6, 6.07) is 8.44. The van der Waals surface area contributed by atoms with E-state index in [0.29, 0.717) is 11.2 Å². The summed E-state index contributed by atoms with van der Waals surface area (Å²) in [5.74, 6) is 0.854. The van der Waals surface area contributed by atoms with Crippen molar-refractivity contribution in [2.24, 2.45) is 0 Å². The van der Waals surface area contributed by atoms with Crippen LogP contribution in [0, 0.1) is 0 Å². The average Bonchev–Trinajstić information content (AvgIpc) is 2.46. The highest BCUT2D eigenvalue weighted by molar-refractivity contribution is 6.32. The van der Waals surface area contributed by atoms with Gasteiger partial charge in [0, 0.05) is 12.6 Å². The topological polar surface area (TPSA) is 29.0 Å². The Morgan fingerprint density at radius 3 is 2.68 bits per heavy atom. The molecule has 0 bridgehead atoms. The number of rotatable bonds is 2. The molecule has 1 aromatic carbocycles. The molecule has 1 saturated heterocycles. The molecular weight excluding hydrogens is 258 g/mol. The first-order valence-electron chi connectivity index (χ1n) is 6.98. The lowest BCUT2D eigenvalue weighted by molar-refractivity contribution is 0.447. The Labute approximate surface area is 118 Å². The van der Waals surface area contributed by atoms with Gasteiger partial charge in [0.1, 0.15) is 0 Å². The zero-order chi connectivity index (χ0) is 13.2. The Balaban J connectivity index is 2.05. The molecule has 100 valence electrons. The van der Waals surface area contributed by atoms with E-state index in [0.717, 1.165) is 29.8 Å². The maximum absolute atomic E-state index is 6.34. The van der Waals surface area contributed by atoms with Crippen LogP contribution >= 0.6 is 11.6 Å². The molecule has 0 amide bonds. The molecular formula is C15H18ClN3. The van der Waals surface area contributed by atoms with Crippen molar-refractivity contribution in [1.82, 2.24) is 9.97 Å². The Morgan fingerprint density at radius 1 is 1.21 bits per heavy atom. The molecule has 3 nitrogen and oxygen atoms in total. The Bertz CT molecular complexity index is 585. The van der Waals surface area contributed by atoms with E-state index in [2.05, 4.69) is 16.8 Å². The highest BCUT2D eigenvalue weighted by Crippen LogP contribution is 2.30. The zero-order valence-corrected chi connectivity index (χ0v) is 11.9. The molecule has 19 heavy (non-hydrogen) atoms. The third-order valence-corrected chi connectivity index (χ3v) is 4.14. The number of hydrogen-bond acceptors (Lipinski definition) is 3. The van der Waals surface area contributed by atoms with Gasteiger partial charge in [-0.05, 0) is 37.8 Å². The third-order valence-electron chi connectivity index (χ3n) is 3.88. The second kappa shape index (κ2) is 5.33. The van der Waals surface area contributed by atoms with Gasteiger partial charge in [0.05, 0.1) is 11.0 Å². The van der Waals surface area contributed by atoms with E-state index in [1.54, 1.807) is 0 Å². The molecule has 1 fully saturated rings. The van der Waals surface area contributed by atoms with Gasteiger partial charge in [0.2, 0.25) is 0 Å². The van der Waals surface area contributed by atoms with Crippen LogP contribution in [-0.4, -0.2) is 22.6 Å². The third kappa shape index (κ3) is 2.39. The summed E-state index contributed by atoms with van der Waals surface area (Å²) >= 11 is 6.34. The Hall–Kier alpha value is -1.35. The normalized spacial score (nSPS) is 19.9. The van der Waals surface area contributed by atoms with Crippen molar-refractivity contribution in [3.63, 3.8) is 0 Å². The van der Waals surface area contributed by atoms with Crippen LogP contribution in [0.2, 0.25) is 5.15 Å². The van der Waals surface area contributed by atoms with Gasteiger partial charge in [-0.3, -0.25) is 0 Å². The standard InChI is InChI=1S/C15H18ClN3/c1-2-11-7-5-6-10-19(11)15-14(16)17-12-8-3-4-9-13(12)18-15/h3-4,8-9,11H,2,5-7,10H2,1H3. The lowest BCUT2D eigenvalue weighted by atomic mass is 10.0. The van der Waals surface area contributed by atoms with Gasteiger partial charge >= 0.3 is 0 Å². The predicted molar refractivity (Wildman–Crippen MR) is 79.8 cm³/mol. The molecule has 3 rings (SSSR count). The first-order chi connectivity index (χ1) is 9.29. The van der Waals surface area contributed by atoms with Crippen LogP contribution in [0.1, 0.15) is 32.6 Å². The summed E-state index contributed by atoms with van der Waals surface area (Å²) in [5.41, 5.74) is 1.78. The van der Waals surface area contributed by atoms with Crippen LogP contribution in [0.25, 0.3) is 11.0 Å². The second-order valence-corrected chi connectivity index (χ2v) is 5.44. The molecule has 1 aliphatic rings. The number of piperidine rings is 1. The van der Waals surface area contributed by atoms with Gasteiger partial charge in [0.15, 0.2) is 11.0 Å². The zero-order valence-electron chi connectivity index (χ0n) is 11.1. The van der Waals surface area contributed by atoms with Crippen molar-refractivity contribution in [1.29, 1.82) is 0 Å². The lowest BCUT2D eigenvalue weighted by Crippen LogP contribution is -2.40. The second-order valence-electron chi connectivity index (χ2n) is 5.08. The van der Waals surface area contributed by atoms with Gasteiger partial charge in [-0.15, -0.1) is 0 Å². The van der Waals surface area contributed by atoms with Crippen molar-refractivity contribution in [3.8, 4) is 0 Å². The SMILES string of the molecule is CCC1CCCCN1c1nc2ccccc2nc1Cl. The number of aromatic nitrogens is 2. The van der Waals surface area contributed by atoms with Crippen molar-refractivity contribution < 1.29 is 0 Å². The number of hydrogen-bond donors (Lipinski definition) is 0. The van der Waals surface area contributed by atoms with Gasteiger partial charge in [0.25, 0.3) is 0 Å². The van der Waals surface area contributed by atoms with Crippen molar-refractivity contribution in [2.75, 3.05) is 11.4 Å². The summed E-state index contributed by atoms with van der Waals surface area (Å²) in [7, 11) is 0. The first-order valence-corrected chi connectivity index (χ1v) is 7.36. The summed E-state index contributed by atoms with van der Waals surface area (Å²) in [4.78, 5) is 11.5. The summed E-state index contributed by atoms with van der Waals surface area (Å²) in [6.45, 7) is 3.26. The van der Waals surface area contributed by atoms with E-state index >= 15 is 0 Å². The molecule has 0 N–H and O–H groups in total. The van der Waals surface area contributed by atoms with E-state index in [1.807, 2.05) is 24.3 Å². The largest absolute Gasteiger partial charge is 0.351 e. The van der Waals surface area contributed by atoms with Crippen LogP contribution in [0.4, 0.5) is 5.82 Å². The summed E-state index contributed by atoms with van der Waals surface area (Å²) < 4.78 is 0. The van der Waals surface area contributed by atoms with E-state index < -0.39 is 0 Å². The molecule has 4 heteroatoms. The fraction of sp³-hybridized carbons (Fsp3) is 0.467. The Morgan fingerprint density at radius 2 is 1.95 bits per heavy atom. The van der Waals surface area contributed by atoms with Gasteiger partial charge in [-0.2, -0.15) is 0 Å². The van der Waals surface area contributed by atoms with Gasteiger partial charge in [-0.25, -0.2) is 9.97 Å². The van der Waals surface area contributed by atoms with Crippen molar-refractivity contribution >= 4 is 28.5 Å². The number of benzene rings is 1. The minimum Gasteiger partial charge on any atom is -0.351 e. The van der Waals surface area contributed by atoms with Gasteiger partial charge in [-0.1, -0.05) is 30.7 Å². The fourth-order valence-corrected chi connectivity index (χ4v) is 3.10. The van der Waals surface area contributed by atoms with Crippen molar-refractivity contribution in [3.05, 3.63) is 29.4 Å². The van der Waals surface area contributed by atoms with E-state index in [9.17, 15) is 0 Å². The smallest absolute Gasteiger partial charge is 0.172 e. The monoisotopic (exact) mass is 275 g/mol. The van der Waals surface area contributed by atoms with Crippen LogP contribution < -0.4 is 4.90 Å². The molecule has 1 atom stereocenters. The highest BCUT2D eigenvalue weighted by atomic mass is 35.5. The van der Waals surface area contributed by atoms with Gasteiger partial charge < -0.3 is 4.90 Å². The Kier molecular flexibility index (Phi) is 3.56. The quantitative estimate of drug-likeness (QED) is 0.828. The molecule has 0 saturated carbocycles. The highest BCUT2D eigenvalue weighted by Gasteiger charge is 2.24. The number of fused-ring (bicyclic) bond motifs is 1. The number of para-hydroxylation sites is 2. The summed E-state index contributed by atoms with van der Waals surface area (Å²) in [5, 5.41) is 0.527. The molecule has 0 spiro atoms. The molecule has 2 heterocycles. The minimum absolute atomic E-state index is 0.527. The van der Waals surface area contributed by atoms with E-state index in [-0.39, 0.29) is 0 Å². The molecule has 1 unspecified atom stereocenters. The van der Waals surface area contributed by atoms with Crippen LogP contribution in [0.15, 0.2) is 24.3 Å². The fourth-order valence-electron chi connectivity index (χ4n) is 2.86. The molecule has 2 aromatic rings. The molecule has 1 aromatic heterocycles. The van der Waals surface area contributed by atoms with Crippen molar-refractivity contribution in [2.45, 2.75) is 38.6 Å². The number of nitrogens with zero attached hydrogens (tertiary/aromatic N) is 3. The minimum atomic E-state index is 0.527. The van der Waals surface area contributed by atoms with E-state index in [4.69, 9.17) is 16.6 Å². The summed E-state index contributed by atoms with van der Waals surface area (Å²) in [6.07, 6.45) is 4.86. The maximum Gasteiger partial charge on any atom is 0.172 e.